The van der Waals surface area contributed by atoms with Gasteiger partial charge in [-0.2, -0.15) is 0 Å². The summed E-state index contributed by atoms with van der Waals surface area (Å²) in [5, 5.41) is 0. The van der Waals surface area contributed by atoms with Crippen molar-refractivity contribution in [2.75, 3.05) is 0 Å². The molecule has 0 N–H and O–H groups in total. The van der Waals surface area contributed by atoms with Crippen molar-refractivity contribution in [2.24, 2.45) is 17.3 Å². The Kier molecular flexibility index (Phi) is 5.68. The first-order valence-corrected chi connectivity index (χ1v) is 7.06. The van der Waals surface area contributed by atoms with Crippen molar-refractivity contribution in [3.05, 3.63) is 22.5 Å². The first kappa shape index (κ1) is 17.1. The summed E-state index contributed by atoms with van der Waals surface area (Å²) >= 11 is 11.2. The van der Waals surface area contributed by atoms with Crippen LogP contribution in [-0.4, -0.2) is 12.1 Å². The lowest BCUT2D eigenvalue weighted by Gasteiger charge is -2.11. The molecule has 5 heteroatoms. The summed E-state index contributed by atoms with van der Waals surface area (Å²) in [4.78, 5) is 12.1. The smallest absolute Gasteiger partial charge is 0.311 e. The second-order valence-corrected chi connectivity index (χ2v) is 6.27. The van der Waals surface area contributed by atoms with Crippen LogP contribution in [-0.2, 0) is 9.53 Å². The van der Waals surface area contributed by atoms with Gasteiger partial charge in [0.15, 0.2) is 0 Å². The van der Waals surface area contributed by atoms with E-state index in [1.165, 1.54) is 6.08 Å². The van der Waals surface area contributed by atoms with Crippen LogP contribution in [0, 0.1) is 29.6 Å². The molecule has 0 heterocycles. The zero-order chi connectivity index (χ0) is 15.5. The number of hydrogen-bond donors (Lipinski definition) is 0. The van der Waals surface area contributed by atoms with E-state index in [9.17, 15) is 9.18 Å². The fourth-order valence-electron chi connectivity index (χ4n) is 2.24. The van der Waals surface area contributed by atoms with Crippen LogP contribution < -0.4 is 0 Å². The van der Waals surface area contributed by atoms with Crippen molar-refractivity contribution in [2.45, 2.75) is 33.3 Å². The van der Waals surface area contributed by atoms with Gasteiger partial charge in [-0.05, 0) is 29.9 Å². The van der Waals surface area contributed by atoms with Gasteiger partial charge in [0.1, 0.15) is 10.3 Å². The molecule has 0 aromatic heterocycles. The summed E-state index contributed by atoms with van der Waals surface area (Å²) in [5.74, 6) is 0.430. The van der Waals surface area contributed by atoms with Crippen LogP contribution >= 0.6 is 23.2 Å². The monoisotopic (exact) mass is 318 g/mol. The van der Waals surface area contributed by atoms with Gasteiger partial charge in [-0.15, -0.1) is 6.42 Å². The Hall–Kier alpha value is -0.980. The topological polar surface area (TPSA) is 26.3 Å². The van der Waals surface area contributed by atoms with Gasteiger partial charge in [0.05, 0.1) is 5.92 Å². The number of allylic oxidation sites excluding steroid dienone is 2. The summed E-state index contributed by atoms with van der Waals surface area (Å²) < 4.78 is 18.8. The minimum absolute atomic E-state index is 0.101. The largest absolute Gasteiger partial charge is 0.441 e. The van der Waals surface area contributed by atoms with Crippen molar-refractivity contribution in [1.29, 1.82) is 0 Å². The van der Waals surface area contributed by atoms with Crippen LogP contribution in [0.4, 0.5) is 4.39 Å². The van der Waals surface area contributed by atoms with Gasteiger partial charge in [0, 0.05) is 0 Å². The Labute approximate surface area is 129 Å². The quantitative estimate of drug-likeness (QED) is 0.555. The molecular formula is C15H17Cl2FO2. The fourth-order valence-corrected chi connectivity index (χ4v) is 2.51. The molecule has 0 aromatic rings. The van der Waals surface area contributed by atoms with Crippen LogP contribution in [0.1, 0.15) is 27.2 Å². The van der Waals surface area contributed by atoms with E-state index < -0.39 is 23.8 Å². The molecule has 20 heavy (non-hydrogen) atoms. The Morgan fingerprint density at radius 2 is 2.15 bits per heavy atom. The van der Waals surface area contributed by atoms with E-state index in [1.54, 1.807) is 13.0 Å². The fraction of sp³-hybridized carbons (Fsp3) is 0.533. The van der Waals surface area contributed by atoms with E-state index in [-0.39, 0.29) is 15.8 Å². The normalized spacial score (nSPS) is 25.4. The maximum atomic E-state index is 13.6. The highest BCUT2D eigenvalue weighted by Crippen LogP contribution is 2.60. The van der Waals surface area contributed by atoms with Crippen molar-refractivity contribution >= 4 is 29.2 Å². The standard InChI is InChI=1S/C15H17Cl2FO2/c1-5-7-10(18)11(6-2)20-14(19)13-9(8-12(16)17)15(13,3)4/h2,7-9,11,13H,5H2,1,3-4H3/t9-,11?,13+/m1/s1. The molecule has 0 spiro atoms. The first-order chi connectivity index (χ1) is 9.25. The van der Waals surface area contributed by atoms with Crippen molar-refractivity contribution in [3.8, 4) is 12.3 Å². The molecule has 0 bridgehead atoms. The first-order valence-electron chi connectivity index (χ1n) is 6.30. The zero-order valence-corrected chi connectivity index (χ0v) is 13.1. The molecule has 0 radical (unpaired) electrons. The molecule has 0 aliphatic heterocycles. The summed E-state index contributed by atoms with van der Waals surface area (Å²) in [6, 6.07) is 0. The van der Waals surface area contributed by atoms with Crippen LogP contribution in [0.3, 0.4) is 0 Å². The highest BCUT2D eigenvalue weighted by molar-refractivity contribution is 6.55. The number of carbonyl (C=O) groups excluding carboxylic acids is 1. The van der Waals surface area contributed by atoms with Crippen molar-refractivity contribution in [3.63, 3.8) is 0 Å². The summed E-state index contributed by atoms with van der Waals surface area (Å²) in [6.07, 6.45) is 7.29. The van der Waals surface area contributed by atoms with Crippen LogP contribution in [0.5, 0.6) is 0 Å². The Bertz CT molecular complexity index is 485. The average Bonchev–Trinajstić information content (AvgIpc) is 2.86. The lowest BCUT2D eigenvalue weighted by atomic mass is 10.1. The Balaban J connectivity index is 2.76. The van der Waals surface area contributed by atoms with E-state index in [1.807, 2.05) is 13.8 Å². The average molecular weight is 319 g/mol. The highest BCUT2D eigenvalue weighted by atomic mass is 35.5. The maximum Gasteiger partial charge on any atom is 0.311 e. The Morgan fingerprint density at radius 1 is 1.55 bits per heavy atom. The zero-order valence-electron chi connectivity index (χ0n) is 11.6. The number of esters is 1. The number of hydrogen-bond acceptors (Lipinski definition) is 2. The van der Waals surface area contributed by atoms with Gasteiger partial charge in [-0.1, -0.05) is 49.9 Å². The number of carbonyl (C=O) groups is 1. The molecule has 0 amide bonds. The van der Waals surface area contributed by atoms with Crippen molar-refractivity contribution in [1.82, 2.24) is 0 Å². The molecule has 2 nitrogen and oxygen atoms in total. The van der Waals surface area contributed by atoms with E-state index in [0.717, 1.165) is 0 Å². The second-order valence-electron chi connectivity index (χ2n) is 5.26. The maximum absolute atomic E-state index is 13.6. The van der Waals surface area contributed by atoms with Gasteiger partial charge in [-0.25, -0.2) is 4.39 Å². The lowest BCUT2D eigenvalue weighted by molar-refractivity contribution is -0.148. The van der Waals surface area contributed by atoms with Gasteiger partial charge in [-0.3, -0.25) is 4.79 Å². The molecule has 1 aliphatic carbocycles. The third-order valence-electron chi connectivity index (χ3n) is 3.51. The lowest BCUT2D eigenvalue weighted by Crippen LogP contribution is -2.20. The predicted octanol–water partition coefficient (Wildman–Crippen LogP) is 4.39. The SMILES string of the molecule is C#CC(OC(=O)[C@@H]1[C@@H](C=C(Cl)Cl)C1(C)C)C(F)=CCC. The minimum Gasteiger partial charge on any atom is -0.441 e. The number of ether oxygens (including phenoxy) is 1. The third kappa shape index (κ3) is 3.77. The van der Waals surface area contributed by atoms with E-state index in [4.69, 9.17) is 34.4 Å². The summed E-state index contributed by atoms with van der Waals surface area (Å²) in [5.41, 5.74) is -0.323. The van der Waals surface area contributed by atoms with E-state index in [2.05, 4.69) is 5.92 Å². The summed E-state index contributed by atoms with van der Waals surface area (Å²) in [6.45, 7) is 5.54. The molecule has 3 atom stereocenters. The highest BCUT2D eigenvalue weighted by Gasteiger charge is 2.62. The van der Waals surface area contributed by atoms with Crippen molar-refractivity contribution < 1.29 is 13.9 Å². The van der Waals surface area contributed by atoms with Gasteiger partial charge in [0.25, 0.3) is 0 Å². The van der Waals surface area contributed by atoms with Crippen LogP contribution in [0.15, 0.2) is 22.5 Å². The van der Waals surface area contributed by atoms with Gasteiger partial charge in [0.2, 0.25) is 6.10 Å². The third-order valence-corrected chi connectivity index (χ3v) is 3.76. The number of rotatable bonds is 5. The molecule has 0 aromatic carbocycles. The molecule has 1 aliphatic rings. The molecular weight excluding hydrogens is 302 g/mol. The predicted molar refractivity (Wildman–Crippen MR) is 78.7 cm³/mol. The molecule has 110 valence electrons. The van der Waals surface area contributed by atoms with E-state index in [0.29, 0.717) is 6.42 Å². The van der Waals surface area contributed by atoms with Gasteiger partial charge >= 0.3 is 5.97 Å². The molecule has 1 unspecified atom stereocenters. The second kappa shape index (κ2) is 6.65. The van der Waals surface area contributed by atoms with Crippen LogP contribution in [0.2, 0.25) is 0 Å². The Morgan fingerprint density at radius 3 is 2.60 bits per heavy atom. The molecule has 0 saturated heterocycles. The molecule has 1 rings (SSSR count). The van der Waals surface area contributed by atoms with Crippen LogP contribution in [0.25, 0.3) is 0 Å². The van der Waals surface area contributed by atoms with Gasteiger partial charge < -0.3 is 4.74 Å². The number of terminal acetylenes is 1. The molecule has 1 fully saturated rings. The number of halogens is 3. The minimum atomic E-state index is -1.27. The van der Waals surface area contributed by atoms with E-state index >= 15 is 0 Å². The summed E-state index contributed by atoms with van der Waals surface area (Å²) in [7, 11) is 0. The molecule has 1 saturated carbocycles.